The van der Waals surface area contributed by atoms with Crippen LogP contribution in [0.25, 0.3) is 0 Å². The van der Waals surface area contributed by atoms with E-state index in [1.165, 1.54) is 30.9 Å². The van der Waals surface area contributed by atoms with E-state index in [-0.39, 0.29) is 21.3 Å². The lowest BCUT2D eigenvalue weighted by Gasteiger charge is -2.13. The number of nitrogens with zero attached hydrogens (tertiary/aromatic N) is 2. The van der Waals surface area contributed by atoms with E-state index >= 15 is 0 Å². The Hall–Kier alpha value is -2.17. The van der Waals surface area contributed by atoms with Crippen molar-refractivity contribution in [1.82, 2.24) is 9.97 Å². The Balaban J connectivity index is 2.07. The highest BCUT2D eigenvalue weighted by Crippen LogP contribution is 2.23. The van der Waals surface area contributed by atoms with Gasteiger partial charge in [0.15, 0.2) is 17.0 Å². The molecule has 0 saturated carbocycles. The number of primary amides is 1. The van der Waals surface area contributed by atoms with Crippen LogP contribution in [0.4, 0.5) is 5.00 Å². The Bertz CT molecular complexity index is 827. The molecule has 0 aliphatic heterocycles. The Kier molecular flexibility index (Phi) is 6.34. The van der Waals surface area contributed by atoms with Crippen LogP contribution in [-0.2, 0) is 9.53 Å². The number of nitrogens with two attached hydrogens (primary N) is 1. The zero-order chi connectivity index (χ0) is 18.6. The van der Waals surface area contributed by atoms with Gasteiger partial charge in [0.2, 0.25) is 0 Å². The maximum atomic E-state index is 12.2. The van der Waals surface area contributed by atoms with E-state index in [1.807, 2.05) is 0 Å². The van der Waals surface area contributed by atoms with Crippen LogP contribution in [0, 0.1) is 0 Å². The van der Waals surface area contributed by atoms with Gasteiger partial charge in [0.25, 0.3) is 11.8 Å². The zero-order valence-electron chi connectivity index (χ0n) is 13.1. The predicted octanol–water partition coefficient (Wildman–Crippen LogP) is 2.20. The molecule has 0 aliphatic rings. The Morgan fingerprint density at radius 1 is 1.44 bits per heavy atom. The smallest absolute Gasteiger partial charge is 0.359 e. The lowest BCUT2D eigenvalue weighted by molar-refractivity contribution is -0.123. The molecule has 2 heterocycles. The van der Waals surface area contributed by atoms with Gasteiger partial charge in [0.05, 0.1) is 16.8 Å². The highest BCUT2D eigenvalue weighted by molar-refractivity contribution is 7.98. The van der Waals surface area contributed by atoms with Crippen molar-refractivity contribution in [2.24, 2.45) is 5.73 Å². The van der Waals surface area contributed by atoms with Crippen LogP contribution in [0.1, 0.15) is 27.8 Å². The van der Waals surface area contributed by atoms with Gasteiger partial charge in [-0.2, -0.15) is 0 Å². The highest BCUT2D eigenvalue weighted by atomic mass is 35.5. The first-order valence-corrected chi connectivity index (χ1v) is 9.27. The fourth-order valence-corrected chi connectivity index (χ4v) is 2.98. The maximum absolute atomic E-state index is 12.2. The van der Waals surface area contributed by atoms with Crippen LogP contribution in [-0.4, -0.2) is 40.1 Å². The molecule has 3 N–H and O–H groups in total. The molecule has 132 valence electrons. The number of rotatable bonds is 6. The van der Waals surface area contributed by atoms with Gasteiger partial charge < -0.3 is 15.8 Å². The summed E-state index contributed by atoms with van der Waals surface area (Å²) >= 11 is 8.26. The first kappa shape index (κ1) is 19.2. The van der Waals surface area contributed by atoms with Crippen LogP contribution in [0.5, 0.6) is 0 Å². The molecule has 0 saturated heterocycles. The number of halogens is 1. The molecule has 25 heavy (non-hydrogen) atoms. The second-order valence-corrected chi connectivity index (χ2v) is 6.71. The Morgan fingerprint density at radius 2 is 2.16 bits per heavy atom. The summed E-state index contributed by atoms with van der Waals surface area (Å²) in [6.07, 6.45) is 1.89. The standard InChI is InChI=1S/C14H13ClN4O4S2/c1-6(11(21)19-12-7(10(16)20)3-4-25-12)23-13(22)9-8(15)5-17-14(18-9)24-2/h3-6H,1-2H3,(H2,16,20)(H,19,21). The second kappa shape index (κ2) is 8.28. The van der Waals surface area contributed by atoms with E-state index in [2.05, 4.69) is 15.3 Å². The molecular formula is C14H13ClN4O4S2. The number of amides is 2. The third-order valence-electron chi connectivity index (χ3n) is 2.92. The minimum absolute atomic E-state index is 0.0182. The van der Waals surface area contributed by atoms with Crippen LogP contribution in [0.3, 0.4) is 0 Å². The molecule has 1 unspecified atom stereocenters. The van der Waals surface area contributed by atoms with Gasteiger partial charge in [-0.05, 0) is 24.6 Å². The van der Waals surface area contributed by atoms with Crippen molar-refractivity contribution in [3.8, 4) is 0 Å². The molecule has 0 spiro atoms. The van der Waals surface area contributed by atoms with Crippen LogP contribution < -0.4 is 11.1 Å². The van der Waals surface area contributed by atoms with Crippen molar-refractivity contribution in [1.29, 1.82) is 0 Å². The van der Waals surface area contributed by atoms with Gasteiger partial charge in [0.1, 0.15) is 5.00 Å². The molecule has 1 atom stereocenters. The largest absolute Gasteiger partial charge is 0.448 e. The van der Waals surface area contributed by atoms with Gasteiger partial charge in [-0.1, -0.05) is 23.4 Å². The number of thioether (sulfide) groups is 1. The van der Waals surface area contributed by atoms with E-state index in [1.54, 1.807) is 11.6 Å². The molecule has 2 aromatic heterocycles. The molecule has 2 amide bonds. The summed E-state index contributed by atoms with van der Waals surface area (Å²) < 4.78 is 5.08. The molecule has 0 fully saturated rings. The summed E-state index contributed by atoms with van der Waals surface area (Å²) in [7, 11) is 0. The lowest BCUT2D eigenvalue weighted by atomic mass is 10.3. The molecule has 11 heteroatoms. The van der Waals surface area contributed by atoms with E-state index in [9.17, 15) is 14.4 Å². The van der Waals surface area contributed by atoms with Crippen molar-refractivity contribution >= 4 is 57.5 Å². The fourth-order valence-electron chi connectivity index (χ4n) is 1.68. The lowest BCUT2D eigenvalue weighted by Crippen LogP contribution is -2.30. The van der Waals surface area contributed by atoms with Crippen LogP contribution in [0.2, 0.25) is 5.02 Å². The van der Waals surface area contributed by atoms with Crippen molar-refractivity contribution in [2.75, 3.05) is 11.6 Å². The fraction of sp³-hybridized carbons (Fsp3) is 0.214. The Morgan fingerprint density at radius 3 is 2.80 bits per heavy atom. The predicted molar refractivity (Wildman–Crippen MR) is 95.2 cm³/mol. The molecule has 2 rings (SSSR count). The van der Waals surface area contributed by atoms with E-state index in [0.717, 1.165) is 11.3 Å². The van der Waals surface area contributed by atoms with Gasteiger partial charge in [-0.15, -0.1) is 11.3 Å². The van der Waals surface area contributed by atoms with Crippen molar-refractivity contribution < 1.29 is 19.1 Å². The summed E-state index contributed by atoms with van der Waals surface area (Å²) in [5.41, 5.74) is 5.26. The van der Waals surface area contributed by atoms with Crippen LogP contribution in [0.15, 0.2) is 22.8 Å². The topological polar surface area (TPSA) is 124 Å². The molecular weight excluding hydrogens is 388 g/mol. The number of carbonyl (C=O) groups excluding carboxylic acids is 3. The van der Waals surface area contributed by atoms with Crippen molar-refractivity contribution in [3.05, 3.63) is 33.9 Å². The average Bonchev–Trinajstić information content (AvgIpc) is 3.03. The number of nitrogens with one attached hydrogen (secondary N) is 1. The van der Waals surface area contributed by atoms with Crippen molar-refractivity contribution in [3.63, 3.8) is 0 Å². The molecule has 0 aromatic carbocycles. The zero-order valence-corrected chi connectivity index (χ0v) is 15.5. The number of thiophene rings is 1. The summed E-state index contributed by atoms with van der Waals surface area (Å²) in [5, 5.41) is 4.75. The van der Waals surface area contributed by atoms with Gasteiger partial charge in [-0.3, -0.25) is 9.59 Å². The summed E-state index contributed by atoms with van der Waals surface area (Å²) in [5.74, 6) is -2.14. The second-order valence-electron chi connectivity index (χ2n) is 4.62. The first-order chi connectivity index (χ1) is 11.8. The molecule has 2 aromatic rings. The van der Waals surface area contributed by atoms with Crippen LogP contribution >= 0.6 is 34.7 Å². The number of aromatic nitrogens is 2. The molecule has 0 radical (unpaired) electrons. The Labute approximate surface area is 156 Å². The highest BCUT2D eigenvalue weighted by Gasteiger charge is 2.24. The quantitative estimate of drug-likeness (QED) is 0.432. The van der Waals surface area contributed by atoms with Gasteiger partial charge in [-0.25, -0.2) is 14.8 Å². The third-order valence-corrected chi connectivity index (χ3v) is 4.59. The minimum atomic E-state index is -1.14. The average molecular weight is 401 g/mol. The molecule has 0 bridgehead atoms. The monoisotopic (exact) mass is 400 g/mol. The minimum Gasteiger partial charge on any atom is -0.448 e. The normalized spacial score (nSPS) is 11.6. The van der Waals surface area contributed by atoms with E-state index in [0.29, 0.717) is 5.16 Å². The van der Waals surface area contributed by atoms with Gasteiger partial charge >= 0.3 is 5.97 Å². The third kappa shape index (κ3) is 4.68. The first-order valence-electron chi connectivity index (χ1n) is 6.79. The summed E-state index contributed by atoms with van der Waals surface area (Å²) in [6.45, 7) is 1.38. The molecule has 8 nitrogen and oxygen atoms in total. The van der Waals surface area contributed by atoms with Gasteiger partial charge in [0, 0.05) is 0 Å². The van der Waals surface area contributed by atoms with Crippen molar-refractivity contribution in [2.45, 2.75) is 18.2 Å². The maximum Gasteiger partial charge on any atom is 0.359 e. The summed E-state index contributed by atoms with van der Waals surface area (Å²) in [4.78, 5) is 43.5. The number of anilines is 1. The molecule has 0 aliphatic carbocycles. The van der Waals surface area contributed by atoms with E-state index < -0.39 is 23.9 Å². The number of esters is 1. The number of hydrogen-bond donors (Lipinski definition) is 2. The summed E-state index contributed by atoms with van der Waals surface area (Å²) in [6, 6.07) is 1.49. The number of carbonyl (C=O) groups is 3. The number of ether oxygens (including phenoxy) is 1. The van der Waals surface area contributed by atoms with E-state index in [4.69, 9.17) is 22.1 Å². The SMILES string of the molecule is CSc1ncc(Cl)c(C(=O)OC(C)C(=O)Nc2sccc2C(N)=O)n1. The number of hydrogen-bond acceptors (Lipinski definition) is 8.